The number of carbonyl (C=O) groups is 1. The maximum atomic E-state index is 11.8. The monoisotopic (exact) mass is 272 g/mol. The molecule has 98 valence electrons. The van der Waals surface area contributed by atoms with E-state index in [2.05, 4.69) is 5.32 Å². The standard InChI is InChI=1S/C11H13ClN2O4/c1-7(6-12)13-11(15)8-3-4-10(18-2)9(5-8)14(16)17/h3-5,7H,6H2,1-2H3,(H,13,15). The van der Waals surface area contributed by atoms with Crippen LogP contribution in [0.3, 0.4) is 0 Å². The number of alkyl halides is 1. The van der Waals surface area contributed by atoms with Gasteiger partial charge in [-0.3, -0.25) is 14.9 Å². The molecule has 0 bridgehead atoms. The summed E-state index contributed by atoms with van der Waals surface area (Å²) >= 11 is 5.57. The zero-order chi connectivity index (χ0) is 13.7. The summed E-state index contributed by atoms with van der Waals surface area (Å²) < 4.78 is 4.85. The van der Waals surface area contributed by atoms with Crippen LogP contribution in [0.25, 0.3) is 0 Å². The van der Waals surface area contributed by atoms with Gasteiger partial charge in [-0.1, -0.05) is 0 Å². The van der Waals surface area contributed by atoms with E-state index in [0.717, 1.165) is 0 Å². The number of halogens is 1. The van der Waals surface area contributed by atoms with Gasteiger partial charge in [-0.2, -0.15) is 0 Å². The van der Waals surface area contributed by atoms with Crippen molar-refractivity contribution in [2.45, 2.75) is 13.0 Å². The van der Waals surface area contributed by atoms with Crippen LogP contribution in [0.1, 0.15) is 17.3 Å². The minimum atomic E-state index is -0.597. The summed E-state index contributed by atoms with van der Waals surface area (Å²) in [5, 5.41) is 13.4. The van der Waals surface area contributed by atoms with Gasteiger partial charge in [-0.25, -0.2) is 0 Å². The smallest absolute Gasteiger partial charge is 0.311 e. The Morgan fingerprint density at radius 3 is 2.78 bits per heavy atom. The molecule has 1 aromatic rings. The molecule has 0 aliphatic rings. The molecule has 1 N–H and O–H groups in total. The molecule has 0 radical (unpaired) electrons. The molecular formula is C11H13ClN2O4. The first-order chi connectivity index (χ1) is 8.49. The summed E-state index contributed by atoms with van der Waals surface area (Å²) in [4.78, 5) is 22.0. The molecule has 1 aromatic carbocycles. The molecule has 0 saturated carbocycles. The fourth-order valence-electron chi connectivity index (χ4n) is 1.32. The summed E-state index contributed by atoms with van der Waals surface area (Å²) in [6.45, 7) is 1.74. The summed E-state index contributed by atoms with van der Waals surface area (Å²) in [6, 6.07) is 3.82. The third-order valence-corrected chi connectivity index (χ3v) is 2.71. The van der Waals surface area contributed by atoms with Crippen LogP contribution in [0.4, 0.5) is 5.69 Å². The van der Waals surface area contributed by atoms with Crippen molar-refractivity contribution in [2.24, 2.45) is 0 Å². The normalized spacial score (nSPS) is 11.7. The lowest BCUT2D eigenvalue weighted by Crippen LogP contribution is -2.33. The number of benzene rings is 1. The summed E-state index contributed by atoms with van der Waals surface area (Å²) in [5.74, 6) is -0.0277. The van der Waals surface area contributed by atoms with E-state index in [4.69, 9.17) is 16.3 Å². The molecule has 1 amide bonds. The number of carbonyl (C=O) groups excluding carboxylic acids is 1. The molecule has 0 spiro atoms. The highest BCUT2D eigenvalue weighted by atomic mass is 35.5. The number of nitro benzene ring substituents is 1. The Labute approximate surface area is 109 Å². The van der Waals surface area contributed by atoms with Crippen LogP contribution in [0, 0.1) is 10.1 Å². The quantitative estimate of drug-likeness (QED) is 0.505. The van der Waals surface area contributed by atoms with Crippen LogP contribution >= 0.6 is 11.6 Å². The number of nitro groups is 1. The Balaban J connectivity index is 3.01. The van der Waals surface area contributed by atoms with Gasteiger partial charge in [0.15, 0.2) is 5.75 Å². The van der Waals surface area contributed by atoms with Gasteiger partial charge in [-0.15, -0.1) is 11.6 Å². The molecule has 1 rings (SSSR count). The zero-order valence-corrected chi connectivity index (χ0v) is 10.7. The number of rotatable bonds is 5. The number of nitrogens with one attached hydrogen (secondary N) is 1. The van der Waals surface area contributed by atoms with Gasteiger partial charge in [0.25, 0.3) is 5.91 Å². The zero-order valence-electron chi connectivity index (χ0n) is 9.97. The first-order valence-corrected chi connectivity index (χ1v) is 5.72. The lowest BCUT2D eigenvalue weighted by molar-refractivity contribution is -0.385. The largest absolute Gasteiger partial charge is 0.490 e. The van der Waals surface area contributed by atoms with Crippen molar-refractivity contribution < 1.29 is 14.5 Å². The number of methoxy groups -OCH3 is 1. The van der Waals surface area contributed by atoms with E-state index in [1.165, 1.54) is 25.3 Å². The summed E-state index contributed by atoms with van der Waals surface area (Å²) in [6.07, 6.45) is 0. The predicted octanol–water partition coefficient (Wildman–Crippen LogP) is 1.96. The minimum Gasteiger partial charge on any atom is -0.490 e. The Morgan fingerprint density at radius 1 is 1.61 bits per heavy atom. The second-order valence-corrected chi connectivity index (χ2v) is 3.98. The van der Waals surface area contributed by atoms with Crippen molar-refractivity contribution in [1.29, 1.82) is 0 Å². The lowest BCUT2D eigenvalue weighted by Gasteiger charge is -2.10. The fourth-order valence-corrected chi connectivity index (χ4v) is 1.40. The molecule has 0 heterocycles. The Hall–Kier alpha value is -1.82. The van der Waals surface area contributed by atoms with E-state index < -0.39 is 10.8 Å². The van der Waals surface area contributed by atoms with Gasteiger partial charge in [0.1, 0.15) is 0 Å². The summed E-state index contributed by atoms with van der Waals surface area (Å²) in [5.41, 5.74) is -0.0526. The molecule has 0 aromatic heterocycles. The van der Waals surface area contributed by atoms with Crippen LogP contribution in [-0.4, -0.2) is 29.9 Å². The van der Waals surface area contributed by atoms with Gasteiger partial charge in [-0.05, 0) is 19.1 Å². The molecule has 7 heteroatoms. The third kappa shape index (κ3) is 3.33. The van der Waals surface area contributed by atoms with Gasteiger partial charge >= 0.3 is 5.69 Å². The summed E-state index contributed by atoms with van der Waals surface area (Å²) in [7, 11) is 1.33. The third-order valence-electron chi connectivity index (χ3n) is 2.25. The van der Waals surface area contributed by atoms with Crippen molar-refractivity contribution in [3.05, 3.63) is 33.9 Å². The molecule has 0 aliphatic carbocycles. The molecule has 1 unspecified atom stereocenters. The van der Waals surface area contributed by atoms with E-state index >= 15 is 0 Å². The van der Waals surface area contributed by atoms with Crippen molar-refractivity contribution in [3.63, 3.8) is 0 Å². The molecule has 0 fully saturated rings. The minimum absolute atomic E-state index is 0.113. The van der Waals surface area contributed by atoms with Crippen LogP contribution in [-0.2, 0) is 0 Å². The van der Waals surface area contributed by atoms with E-state index in [1.807, 2.05) is 0 Å². The average molecular weight is 273 g/mol. The van der Waals surface area contributed by atoms with Crippen molar-refractivity contribution >= 4 is 23.2 Å². The highest BCUT2D eigenvalue weighted by Crippen LogP contribution is 2.27. The van der Waals surface area contributed by atoms with Gasteiger partial charge < -0.3 is 10.1 Å². The van der Waals surface area contributed by atoms with Crippen LogP contribution in [0.5, 0.6) is 5.75 Å². The molecule has 0 saturated heterocycles. The second-order valence-electron chi connectivity index (χ2n) is 3.67. The first-order valence-electron chi connectivity index (χ1n) is 5.18. The van der Waals surface area contributed by atoms with Crippen LogP contribution in [0.15, 0.2) is 18.2 Å². The maximum absolute atomic E-state index is 11.8. The molecular weight excluding hydrogens is 260 g/mol. The Bertz CT molecular complexity index is 464. The van der Waals surface area contributed by atoms with Crippen molar-refractivity contribution in [2.75, 3.05) is 13.0 Å². The molecule has 0 aliphatic heterocycles. The SMILES string of the molecule is COc1ccc(C(=O)NC(C)CCl)cc1[N+](=O)[O-]. The van der Waals surface area contributed by atoms with Gasteiger partial charge in [0.05, 0.1) is 12.0 Å². The second kappa shape index (κ2) is 6.20. The van der Waals surface area contributed by atoms with Crippen molar-refractivity contribution in [3.8, 4) is 5.75 Å². The lowest BCUT2D eigenvalue weighted by atomic mass is 10.1. The maximum Gasteiger partial charge on any atom is 0.311 e. The van der Waals surface area contributed by atoms with E-state index in [0.29, 0.717) is 0 Å². The Kier molecular flexibility index (Phi) is 4.91. The number of ether oxygens (including phenoxy) is 1. The highest BCUT2D eigenvalue weighted by Gasteiger charge is 2.18. The molecule has 1 atom stereocenters. The topological polar surface area (TPSA) is 81.5 Å². The van der Waals surface area contributed by atoms with E-state index in [9.17, 15) is 14.9 Å². The van der Waals surface area contributed by atoms with Gasteiger partial charge in [0, 0.05) is 23.6 Å². The molecule has 18 heavy (non-hydrogen) atoms. The number of amides is 1. The Morgan fingerprint density at radius 2 is 2.28 bits per heavy atom. The number of hydrogen-bond donors (Lipinski definition) is 1. The van der Waals surface area contributed by atoms with Crippen LogP contribution < -0.4 is 10.1 Å². The number of hydrogen-bond acceptors (Lipinski definition) is 4. The van der Waals surface area contributed by atoms with Crippen LogP contribution in [0.2, 0.25) is 0 Å². The number of nitrogens with zero attached hydrogens (tertiary/aromatic N) is 1. The first kappa shape index (κ1) is 14.2. The highest BCUT2D eigenvalue weighted by molar-refractivity contribution is 6.18. The fraction of sp³-hybridized carbons (Fsp3) is 0.364. The molecule has 6 nitrogen and oxygen atoms in total. The van der Waals surface area contributed by atoms with Crippen molar-refractivity contribution in [1.82, 2.24) is 5.32 Å². The van der Waals surface area contributed by atoms with E-state index in [-0.39, 0.29) is 28.9 Å². The predicted molar refractivity (Wildman–Crippen MR) is 67.3 cm³/mol. The van der Waals surface area contributed by atoms with E-state index in [1.54, 1.807) is 6.92 Å². The van der Waals surface area contributed by atoms with Gasteiger partial charge in [0.2, 0.25) is 0 Å². The average Bonchev–Trinajstić information content (AvgIpc) is 2.37.